The molecule has 0 aliphatic carbocycles. The van der Waals surface area contributed by atoms with Crippen LogP contribution in [0.1, 0.15) is 34.3 Å². The molecule has 3 aromatic carbocycles. The largest absolute Gasteiger partial charge is 0.492 e. The number of anilines is 1. The van der Waals surface area contributed by atoms with Crippen LogP contribution in [0.3, 0.4) is 0 Å². The molecule has 0 unspecified atom stereocenters. The maximum Gasteiger partial charge on any atom is 0.488 e. The van der Waals surface area contributed by atoms with E-state index in [0.29, 0.717) is 30.7 Å². The summed E-state index contributed by atoms with van der Waals surface area (Å²) in [5.41, 5.74) is 6.17. The van der Waals surface area contributed by atoms with Gasteiger partial charge in [0.1, 0.15) is 5.75 Å². The fraction of sp³-hybridized carbons (Fsp3) is 0.345. The number of carbonyl (C=O) groups is 1. The molecular formula is C29H34BN3O4. The zero-order valence-electron chi connectivity index (χ0n) is 21.7. The van der Waals surface area contributed by atoms with Gasteiger partial charge in [0.2, 0.25) is 0 Å². The Bertz CT molecular complexity index is 1300. The van der Waals surface area contributed by atoms with Crippen LogP contribution in [0.2, 0.25) is 0 Å². The van der Waals surface area contributed by atoms with Crippen molar-refractivity contribution >= 4 is 24.2 Å². The number of benzene rings is 3. The Labute approximate surface area is 218 Å². The van der Waals surface area contributed by atoms with E-state index in [0.717, 1.165) is 42.0 Å². The van der Waals surface area contributed by atoms with Crippen molar-refractivity contribution in [2.24, 2.45) is 0 Å². The fourth-order valence-electron chi connectivity index (χ4n) is 5.61. The Morgan fingerprint density at radius 1 is 1.08 bits per heavy atom. The SMILES string of the molecule is CNCc1ccc2c(c1)C1(CCN(C(=O)c3cccc(-c4cc(B(O)O)ccc4N(C)C)c3)CC1)CO2. The standard InChI is InChI=1S/C29H34BN3O4/c1-31-18-20-7-10-27-25(15-20)29(19-37-27)11-13-33(14-12-29)28(34)22-6-4-5-21(16-22)24-17-23(30(35)36)8-9-26(24)32(2)3/h4-10,15-17,31,35-36H,11-14,18-19H2,1-3H3. The van der Waals surface area contributed by atoms with E-state index in [1.165, 1.54) is 11.1 Å². The molecule has 7 nitrogen and oxygen atoms in total. The van der Waals surface area contributed by atoms with Crippen LogP contribution >= 0.6 is 0 Å². The Morgan fingerprint density at radius 3 is 2.57 bits per heavy atom. The van der Waals surface area contributed by atoms with E-state index < -0.39 is 7.12 Å². The zero-order valence-corrected chi connectivity index (χ0v) is 21.7. The molecule has 0 atom stereocenters. The number of nitrogens with one attached hydrogen (secondary N) is 1. The molecule has 192 valence electrons. The van der Waals surface area contributed by atoms with Crippen LogP contribution in [0.4, 0.5) is 5.69 Å². The summed E-state index contributed by atoms with van der Waals surface area (Å²) in [6.07, 6.45) is 1.74. The molecule has 3 N–H and O–H groups in total. The molecule has 1 saturated heterocycles. The molecule has 3 aromatic rings. The van der Waals surface area contributed by atoms with Crippen molar-refractivity contribution < 1.29 is 19.6 Å². The maximum atomic E-state index is 13.6. The highest BCUT2D eigenvalue weighted by Crippen LogP contribution is 2.46. The number of hydrogen-bond acceptors (Lipinski definition) is 6. The lowest BCUT2D eigenvalue weighted by molar-refractivity contribution is 0.0646. The van der Waals surface area contributed by atoms with Gasteiger partial charge < -0.3 is 29.9 Å². The highest BCUT2D eigenvalue weighted by molar-refractivity contribution is 6.58. The second-order valence-electron chi connectivity index (χ2n) is 10.3. The van der Waals surface area contributed by atoms with E-state index in [9.17, 15) is 14.8 Å². The fourth-order valence-corrected chi connectivity index (χ4v) is 5.61. The number of carbonyl (C=O) groups excluding carboxylic acids is 1. The molecule has 5 rings (SSSR count). The van der Waals surface area contributed by atoms with Crippen molar-refractivity contribution in [1.82, 2.24) is 10.2 Å². The molecule has 37 heavy (non-hydrogen) atoms. The normalized spacial score (nSPS) is 15.9. The van der Waals surface area contributed by atoms with Crippen LogP contribution in [-0.2, 0) is 12.0 Å². The van der Waals surface area contributed by atoms with Crippen molar-refractivity contribution in [2.45, 2.75) is 24.8 Å². The lowest BCUT2D eigenvalue weighted by Crippen LogP contribution is -2.46. The zero-order chi connectivity index (χ0) is 26.2. The van der Waals surface area contributed by atoms with Gasteiger partial charge in [-0.25, -0.2) is 0 Å². The first-order chi connectivity index (χ1) is 17.8. The molecule has 8 heteroatoms. The van der Waals surface area contributed by atoms with E-state index in [1.54, 1.807) is 12.1 Å². The van der Waals surface area contributed by atoms with Crippen LogP contribution in [0, 0.1) is 0 Å². The summed E-state index contributed by atoms with van der Waals surface area (Å²) < 4.78 is 6.06. The summed E-state index contributed by atoms with van der Waals surface area (Å²) in [6, 6.07) is 19.4. The first-order valence-electron chi connectivity index (χ1n) is 12.8. The van der Waals surface area contributed by atoms with E-state index in [1.807, 2.05) is 61.3 Å². The van der Waals surface area contributed by atoms with Crippen molar-refractivity contribution in [3.63, 3.8) is 0 Å². The Hall–Kier alpha value is -3.33. The second-order valence-corrected chi connectivity index (χ2v) is 10.3. The van der Waals surface area contributed by atoms with Gasteiger partial charge in [0.15, 0.2) is 0 Å². The number of ether oxygens (including phenoxy) is 1. The third-order valence-corrected chi connectivity index (χ3v) is 7.73. The van der Waals surface area contributed by atoms with Crippen LogP contribution in [-0.4, -0.2) is 68.8 Å². The quantitative estimate of drug-likeness (QED) is 0.452. The molecule has 0 bridgehead atoms. The molecule has 0 saturated carbocycles. The van der Waals surface area contributed by atoms with Crippen molar-refractivity contribution in [1.29, 1.82) is 0 Å². The van der Waals surface area contributed by atoms with Crippen LogP contribution in [0.15, 0.2) is 60.7 Å². The van der Waals surface area contributed by atoms with Gasteiger partial charge in [0, 0.05) is 61.5 Å². The number of nitrogens with zero attached hydrogens (tertiary/aromatic N) is 2. The highest BCUT2D eigenvalue weighted by atomic mass is 16.5. The number of fused-ring (bicyclic) bond motifs is 2. The van der Waals surface area contributed by atoms with Gasteiger partial charge >= 0.3 is 7.12 Å². The third-order valence-electron chi connectivity index (χ3n) is 7.73. The molecule has 2 aliphatic rings. The van der Waals surface area contributed by atoms with Gasteiger partial charge in [0.05, 0.1) is 6.61 Å². The minimum Gasteiger partial charge on any atom is -0.492 e. The molecule has 1 spiro atoms. The summed E-state index contributed by atoms with van der Waals surface area (Å²) in [7, 11) is 4.28. The summed E-state index contributed by atoms with van der Waals surface area (Å²) >= 11 is 0. The Kier molecular flexibility index (Phi) is 6.99. The molecule has 0 radical (unpaired) electrons. The van der Waals surface area contributed by atoms with Gasteiger partial charge in [-0.2, -0.15) is 0 Å². The minimum atomic E-state index is -1.56. The van der Waals surface area contributed by atoms with Crippen molar-refractivity contribution in [2.75, 3.05) is 45.7 Å². The molecule has 2 heterocycles. The number of piperidine rings is 1. The number of likely N-dealkylation sites (tertiary alicyclic amines) is 1. The monoisotopic (exact) mass is 499 g/mol. The summed E-state index contributed by atoms with van der Waals surface area (Å²) in [6.45, 7) is 2.84. The van der Waals surface area contributed by atoms with E-state index >= 15 is 0 Å². The first kappa shape index (κ1) is 25.3. The molecule has 1 amide bonds. The number of amides is 1. The smallest absolute Gasteiger partial charge is 0.488 e. The van der Waals surface area contributed by atoms with Gasteiger partial charge in [-0.3, -0.25) is 4.79 Å². The van der Waals surface area contributed by atoms with Crippen LogP contribution in [0.5, 0.6) is 5.75 Å². The lowest BCUT2D eigenvalue weighted by atomic mass is 9.74. The highest BCUT2D eigenvalue weighted by Gasteiger charge is 2.44. The summed E-state index contributed by atoms with van der Waals surface area (Å²) in [4.78, 5) is 17.5. The van der Waals surface area contributed by atoms with Gasteiger partial charge in [0.25, 0.3) is 5.91 Å². The third kappa shape index (κ3) is 4.84. The summed E-state index contributed by atoms with van der Waals surface area (Å²) in [5.74, 6) is 0.990. The van der Waals surface area contributed by atoms with E-state index in [2.05, 4.69) is 23.5 Å². The van der Waals surface area contributed by atoms with Crippen molar-refractivity contribution in [3.8, 4) is 16.9 Å². The lowest BCUT2D eigenvalue weighted by Gasteiger charge is -2.38. The minimum absolute atomic E-state index is 0.0181. The molecular weight excluding hydrogens is 465 g/mol. The maximum absolute atomic E-state index is 13.6. The average molecular weight is 499 g/mol. The number of rotatable bonds is 6. The van der Waals surface area contributed by atoms with E-state index in [4.69, 9.17) is 4.74 Å². The Balaban J connectivity index is 1.36. The average Bonchev–Trinajstić information content (AvgIpc) is 3.25. The second kappa shape index (κ2) is 10.2. The Morgan fingerprint density at radius 2 is 1.86 bits per heavy atom. The van der Waals surface area contributed by atoms with E-state index in [-0.39, 0.29) is 11.3 Å². The van der Waals surface area contributed by atoms with Gasteiger partial charge in [-0.05, 0) is 60.7 Å². The van der Waals surface area contributed by atoms with Crippen LogP contribution < -0.4 is 20.4 Å². The molecule has 0 aromatic heterocycles. The van der Waals surface area contributed by atoms with Crippen molar-refractivity contribution in [3.05, 3.63) is 77.4 Å². The predicted octanol–water partition coefficient (Wildman–Crippen LogP) is 2.39. The van der Waals surface area contributed by atoms with Crippen LogP contribution in [0.25, 0.3) is 11.1 Å². The summed E-state index contributed by atoms with van der Waals surface area (Å²) in [5, 5.41) is 22.6. The molecule has 2 aliphatic heterocycles. The number of hydrogen-bond donors (Lipinski definition) is 3. The first-order valence-corrected chi connectivity index (χ1v) is 12.8. The van der Waals surface area contributed by atoms with Gasteiger partial charge in [-0.15, -0.1) is 0 Å². The predicted molar refractivity (Wildman–Crippen MR) is 148 cm³/mol. The molecule has 1 fully saturated rings. The topological polar surface area (TPSA) is 85.3 Å². The van der Waals surface area contributed by atoms with Gasteiger partial charge in [-0.1, -0.05) is 36.4 Å².